The van der Waals surface area contributed by atoms with E-state index in [1.54, 1.807) is 0 Å². The summed E-state index contributed by atoms with van der Waals surface area (Å²) in [6.07, 6.45) is 0. The third-order valence-corrected chi connectivity index (χ3v) is 3.45. The summed E-state index contributed by atoms with van der Waals surface area (Å²) in [5.74, 6) is -6.98. The highest BCUT2D eigenvalue weighted by Gasteiger charge is 2.37. The third-order valence-electron chi connectivity index (χ3n) is 3.45. The van der Waals surface area contributed by atoms with Crippen LogP contribution in [0.3, 0.4) is 0 Å². The lowest BCUT2D eigenvalue weighted by molar-refractivity contribution is -0.147. The van der Waals surface area contributed by atoms with Crippen LogP contribution in [0, 0.1) is 0 Å². The van der Waals surface area contributed by atoms with Crippen LogP contribution in [-0.2, 0) is 9.59 Å². The maximum Gasteiger partial charge on any atom is 0.312 e. The molecule has 0 amide bonds. The molecule has 0 fully saturated rings. The smallest absolute Gasteiger partial charge is 0.312 e. The van der Waals surface area contributed by atoms with Crippen molar-refractivity contribution in [1.82, 2.24) is 0 Å². The summed E-state index contributed by atoms with van der Waals surface area (Å²) in [7, 11) is 0. The van der Waals surface area contributed by atoms with Gasteiger partial charge < -0.3 is 25.5 Å². The fourth-order valence-electron chi connectivity index (χ4n) is 2.41. The fourth-order valence-corrected chi connectivity index (χ4v) is 2.41. The molecule has 2 aromatic rings. The number of benzene rings is 2. The summed E-state index contributed by atoms with van der Waals surface area (Å²) < 4.78 is 0. The van der Waals surface area contributed by atoms with Crippen LogP contribution in [0.25, 0.3) is 0 Å². The van der Waals surface area contributed by atoms with E-state index >= 15 is 0 Å². The van der Waals surface area contributed by atoms with Crippen LogP contribution < -0.4 is 0 Å². The molecular weight excluding hydrogens is 304 g/mol. The minimum Gasteiger partial charge on any atom is -0.508 e. The Morgan fingerprint density at radius 3 is 1.78 bits per heavy atom. The van der Waals surface area contributed by atoms with Crippen LogP contribution in [0.2, 0.25) is 0 Å². The van der Waals surface area contributed by atoms with E-state index in [0.717, 1.165) is 12.1 Å². The summed E-state index contributed by atoms with van der Waals surface area (Å²) in [6.45, 7) is 0. The normalized spacial score (nSPS) is 13.2. The first kappa shape index (κ1) is 16.2. The van der Waals surface area contributed by atoms with Crippen LogP contribution in [0.4, 0.5) is 0 Å². The predicted octanol–water partition coefficient (Wildman–Crippen LogP) is 1.84. The van der Waals surface area contributed by atoms with Crippen molar-refractivity contribution in [3.05, 3.63) is 53.6 Å². The fraction of sp³-hybridized carbons (Fsp3) is 0.125. The molecule has 0 radical (unpaired) electrons. The first-order valence-corrected chi connectivity index (χ1v) is 6.57. The van der Waals surface area contributed by atoms with Crippen LogP contribution in [0.1, 0.15) is 23.0 Å². The third kappa shape index (κ3) is 3.34. The van der Waals surface area contributed by atoms with E-state index in [1.165, 1.54) is 30.3 Å². The second kappa shape index (κ2) is 6.27. The SMILES string of the molecule is O=C(O)C(c1cccc(O)c1)C(C(=O)O)c1ccc(O)c(O)c1. The lowest BCUT2D eigenvalue weighted by Crippen LogP contribution is -2.26. The van der Waals surface area contributed by atoms with E-state index in [-0.39, 0.29) is 16.9 Å². The number of phenolic OH excluding ortho intramolecular Hbond substituents is 3. The van der Waals surface area contributed by atoms with Gasteiger partial charge >= 0.3 is 11.9 Å². The summed E-state index contributed by atoms with van der Waals surface area (Å²) in [5, 5.41) is 47.3. The molecule has 23 heavy (non-hydrogen) atoms. The van der Waals surface area contributed by atoms with Crippen molar-refractivity contribution in [2.75, 3.05) is 0 Å². The quantitative estimate of drug-likeness (QED) is 0.531. The monoisotopic (exact) mass is 318 g/mol. The lowest BCUT2D eigenvalue weighted by atomic mass is 9.81. The average Bonchev–Trinajstić information content (AvgIpc) is 2.47. The summed E-state index contributed by atoms with van der Waals surface area (Å²) in [4.78, 5) is 23.3. The Morgan fingerprint density at radius 1 is 0.739 bits per heavy atom. The molecule has 2 aromatic carbocycles. The molecule has 120 valence electrons. The Kier molecular flexibility index (Phi) is 4.40. The number of aliphatic carboxylic acids is 2. The molecule has 0 aliphatic carbocycles. The Labute approximate surface area is 130 Å². The zero-order chi connectivity index (χ0) is 17.1. The molecule has 7 heteroatoms. The number of carboxylic acid groups (broad SMARTS) is 2. The molecule has 5 N–H and O–H groups in total. The van der Waals surface area contributed by atoms with E-state index in [1.807, 2.05) is 0 Å². The van der Waals surface area contributed by atoms with Crippen molar-refractivity contribution < 1.29 is 35.1 Å². The van der Waals surface area contributed by atoms with Crippen molar-refractivity contribution in [2.45, 2.75) is 11.8 Å². The second-order valence-corrected chi connectivity index (χ2v) is 4.97. The lowest BCUT2D eigenvalue weighted by Gasteiger charge is -2.21. The molecule has 0 aliphatic rings. The van der Waals surface area contributed by atoms with Gasteiger partial charge in [0.05, 0.1) is 11.8 Å². The van der Waals surface area contributed by atoms with Gasteiger partial charge in [0.15, 0.2) is 11.5 Å². The molecular formula is C16H14O7. The number of carboxylic acids is 2. The largest absolute Gasteiger partial charge is 0.508 e. The average molecular weight is 318 g/mol. The van der Waals surface area contributed by atoms with E-state index in [4.69, 9.17) is 0 Å². The number of hydrogen-bond acceptors (Lipinski definition) is 5. The molecule has 0 bridgehead atoms. The highest BCUT2D eigenvalue weighted by molar-refractivity contribution is 5.88. The van der Waals surface area contributed by atoms with Crippen molar-refractivity contribution in [3.63, 3.8) is 0 Å². The number of phenols is 3. The molecule has 0 spiro atoms. The Morgan fingerprint density at radius 2 is 1.30 bits per heavy atom. The Balaban J connectivity index is 2.58. The van der Waals surface area contributed by atoms with Crippen molar-refractivity contribution in [3.8, 4) is 17.2 Å². The van der Waals surface area contributed by atoms with Crippen molar-refractivity contribution in [1.29, 1.82) is 0 Å². The molecule has 0 saturated carbocycles. The summed E-state index contributed by atoms with van der Waals surface area (Å²) in [6, 6.07) is 8.64. The van der Waals surface area contributed by atoms with E-state index in [0.29, 0.717) is 0 Å². The zero-order valence-electron chi connectivity index (χ0n) is 11.7. The highest BCUT2D eigenvalue weighted by Crippen LogP contribution is 2.37. The van der Waals surface area contributed by atoms with Gasteiger partial charge in [0, 0.05) is 0 Å². The maximum absolute atomic E-state index is 11.6. The molecule has 0 aliphatic heterocycles. The highest BCUT2D eigenvalue weighted by atomic mass is 16.4. The van der Waals surface area contributed by atoms with E-state index < -0.39 is 35.3 Å². The van der Waals surface area contributed by atoms with Gasteiger partial charge in [0.2, 0.25) is 0 Å². The summed E-state index contributed by atoms with van der Waals surface area (Å²) >= 11 is 0. The number of rotatable bonds is 5. The molecule has 0 saturated heterocycles. The molecule has 2 atom stereocenters. The minimum atomic E-state index is -1.51. The maximum atomic E-state index is 11.6. The Hall–Kier alpha value is -3.22. The summed E-state index contributed by atoms with van der Waals surface area (Å²) in [5.41, 5.74) is 0.126. The van der Waals surface area contributed by atoms with Crippen LogP contribution in [0.15, 0.2) is 42.5 Å². The van der Waals surface area contributed by atoms with Gasteiger partial charge in [0.25, 0.3) is 0 Å². The van der Waals surface area contributed by atoms with Gasteiger partial charge in [-0.05, 0) is 35.4 Å². The first-order chi connectivity index (χ1) is 10.8. The first-order valence-electron chi connectivity index (χ1n) is 6.57. The number of aromatic hydroxyl groups is 3. The molecule has 2 unspecified atom stereocenters. The number of hydrogen-bond donors (Lipinski definition) is 5. The number of carbonyl (C=O) groups is 2. The Bertz CT molecular complexity index is 754. The van der Waals surface area contributed by atoms with Gasteiger partial charge in [-0.15, -0.1) is 0 Å². The molecule has 7 nitrogen and oxygen atoms in total. The van der Waals surface area contributed by atoms with Gasteiger partial charge in [0.1, 0.15) is 5.75 Å². The van der Waals surface area contributed by atoms with Crippen LogP contribution >= 0.6 is 0 Å². The van der Waals surface area contributed by atoms with E-state index in [2.05, 4.69) is 0 Å². The molecule has 2 rings (SSSR count). The van der Waals surface area contributed by atoms with Gasteiger partial charge in [-0.2, -0.15) is 0 Å². The topological polar surface area (TPSA) is 135 Å². The predicted molar refractivity (Wildman–Crippen MR) is 78.6 cm³/mol. The van der Waals surface area contributed by atoms with Crippen molar-refractivity contribution in [2.24, 2.45) is 0 Å². The van der Waals surface area contributed by atoms with Crippen LogP contribution in [0.5, 0.6) is 17.2 Å². The molecule has 0 heterocycles. The standard InChI is InChI=1S/C16H14O7/c17-10-3-1-2-8(6-10)13(15(20)21)14(16(22)23)9-4-5-11(18)12(19)7-9/h1-7,13-14,17-19H,(H,20,21)(H,22,23). The zero-order valence-corrected chi connectivity index (χ0v) is 11.7. The minimum absolute atomic E-state index is 0.0172. The van der Waals surface area contributed by atoms with Crippen molar-refractivity contribution >= 4 is 11.9 Å². The second-order valence-electron chi connectivity index (χ2n) is 4.97. The molecule has 0 aromatic heterocycles. The van der Waals surface area contributed by atoms with E-state index in [9.17, 15) is 35.1 Å². The van der Waals surface area contributed by atoms with Crippen LogP contribution in [-0.4, -0.2) is 37.5 Å². The van der Waals surface area contributed by atoms with Gasteiger partial charge in [-0.25, -0.2) is 0 Å². The van der Waals surface area contributed by atoms with Gasteiger partial charge in [-0.3, -0.25) is 9.59 Å². The van der Waals surface area contributed by atoms with Gasteiger partial charge in [-0.1, -0.05) is 18.2 Å².